The number of aliphatic hydroxyl groups excluding tert-OH is 1. The van der Waals surface area contributed by atoms with Crippen LogP contribution in [0.5, 0.6) is 0 Å². The SMILES string of the molecule is CCC(C)C(NC(=O)C(Cc1ccccc1)NC(=O)C(N)C(C)O)C(=O)NC(CC(C)C)C(=O)O. The van der Waals surface area contributed by atoms with E-state index in [0.717, 1.165) is 5.56 Å². The van der Waals surface area contributed by atoms with Crippen molar-refractivity contribution in [3.63, 3.8) is 0 Å². The summed E-state index contributed by atoms with van der Waals surface area (Å²) in [6, 6.07) is 4.60. The van der Waals surface area contributed by atoms with Crippen LogP contribution in [0.1, 0.15) is 53.0 Å². The Labute approximate surface area is 207 Å². The average Bonchev–Trinajstić information content (AvgIpc) is 2.80. The van der Waals surface area contributed by atoms with Crippen LogP contribution in [0.25, 0.3) is 0 Å². The monoisotopic (exact) mass is 492 g/mol. The van der Waals surface area contributed by atoms with E-state index in [1.54, 1.807) is 31.2 Å². The molecule has 0 radical (unpaired) electrons. The van der Waals surface area contributed by atoms with E-state index in [0.29, 0.717) is 6.42 Å². The van der Waals surface area contributed by atoms with Crippen LogP contribution in [0.2, 0.25) is 0 Å². The summed E-state index contributed by atoms with van der Waals surface area (Å²) in [6.07, 6.45) is -0.206. The number of aliphatic carboxylic acids is 1. The van der Waals surface area contributed by atoms with Crippen molar-refractivity contribution in [3.8, 4) is 0 Å². The quantitative estimate of drug-likeness (QED) is 0.220. The molecule has 0 aliphatic rings. The molecular weight excluding hydrogens is 452 g/mol. The summed E-state index contributed by atoms with van der Waals surface area (Å²) in [6.45, 7) is 8.70. The van der Waals surface area contributed by atoms with Gasteiger partial charge in [-0.2, -0.15) is 0 Å². The Morgan fingerprint density at radius 1 is 0.886 bits per heavy atom. The summed E-state index contributed by atoms with van der Waals surface area (Å²) in [4.78, 5) is 50.5. The molecule has 0 bridgehead atoms. The second kappa shape index (κ2) is 14.4. The second-order valence-electron chi connectivity index (χ2n) is 9.42. The number of rotatable bonds is 14. The topological polar surface area (TPSA) is 171 Å². The number of carbonyl (C=O) groups is 4. The number of carbonyl (C=O) groups excluding carboxylic acids is 3. The molecule has 10 heteroatoms. The highest BCUT2D eigenvalue weighted by atomic mass is 16.4. The first kappa shape index (κ1) is 30.1. The van der Waals surface area contributed by atoms with Crippen molar-refractivity contribution in [2.24, 2.45) is 17.6 Å². The molecule has 0 heterocycles. The molecule has 0 aliphatic carbocycles. The summed E-state index contributed by atoms with van der Waals surface area (Å²) in [5.74, 6) is -3.34. The van der Waals surface area contributed by atoms with E-state index in [1.165, 1.54) is 6.92 Å². The molecule has 10 nitrogen and oxygen atoms in total. The molecule has 6 unspecified atom stereocenters. The lowest BCUT2D eigenvalue weighted by Crippen LogP contribution is -2.59. The predicted octanol–water partition coefficient (Wildman–Crippen LogP) is 0.568. The fourth-order valence-corrected chi connectivity index (χ4v) is 3.46. The molecule has 7 N–H and O–H groups in total. The minimum absolute atomic E-state index is 0.0385. The lowest BCUT2D eigenvalue weighted by molar-refractivity contribution is -0.143. The van der Waals surface area contributed by atoms with Gasteiger partial charge in [0.2, 0.25) is 17.7 Å². The van der Waals surface area contributed by atoms with E-state index < -0.39 is 54.0 Å². The molecule has 0 saturated heterocycles. The maximum absolute atomic E-state index is 13.3. The standard InChI is InChI=1S/C25H40N4O6/c1-6-15(4)21(24(33)28-19(25(34)35)12-14(2)3)29-22(31)18(13-17-10-8-7-9-11-17)27-23(32)20(26)16(5)30/h7-11,14-16,18-21,30H,6,12-13,26H2,1-5H3,(H,27,32)(H,28,33)(H,29,31)(H,34,35). The zero-order chi connectivity index (χ0) is 26.7. The zero-order valence-corrected chi connectivity index (χ0v) is 21.2. The summed E-state index contributed by atoms with van der Waals surface area (Å²) in [5.41, 5.74) is 6.50. The molecule has 0 saturated carbocycles. The van der Waals surface area contributed by atoms with E-state index in [1.807, 2.05) is 26.8 Å². The molecule has 6 atom stereocenters. The summed E-state index contributed by atoms with van der Waals surface area (Å²) in [5, 5.41) is 27.0. The molecule has 0 fully saturated rings. The number of carboxylic acids is 1. The maximum Gasteiger partial charge on any atom is 0.326 e. The average molecular weight is 493 g/mol. The smallest absolute Gasteiger partial charge is 0.326 e. The van der Waals surface area contributed by atoms with Gasteiger partial charge in [-0.25, -0.2) is 4.79 Å². The van der Waals surface area contributed by atoms with Gasteiger partial charge in [0.1, 0.15) is 24.2 Å². The number of aliphatic hydroxyl groups is 1. The first-order valence-electron chi connectivity index (χ1n) is 12.0. The van der Waals surface area contributed by atoms with Crippen LogP contribution in [-0.2, 0) is 25.6 Å². The third kappa shape index (κ3) is 10.0. The van der Waals surface area contributed by atoms with Crippen LogP contribution in [0, 0.1) is 11.8 Å². The summed E-state index contributed by atoms with van der Waals surface area (Å²) < 4.78 is 0. The minimum atomic E-state index is -1.23. The number of hydrogen-bond acceptors (Lipinski definition) is 6. The maximum atomic E-state index is 13.3. The molecule has 0 aliphatic heterocycles. The normalized spacial score (nSPS) is 16.3. The number of carboxylic acid groups (broad SMARTS) is 1. The highest BCUT2D eigenvalue weighted by molar-refractivity contribution is 5.94. The minimum Gasteiger partial charge on any atom is -0.480 e. The zero-order valence-electron chi connectivity index (χ0n) is 21.2. The third-order valence-corrected chi connectivity index (χ3v) is 5.85. The Kier molecular flexibility index (Phi) is 12.4. The van der Waals surface area contributed by atoms with Crippen molar-refractivity contribution in [2.75, 3.05) is 0 Å². The predicted molar refractivity (Wildman–Crippen MR) is 132 cm³/mol. The Bertz CT molecular complexity index is 846. The third-order valence-electron chi connectivity index (χ3n) is 5.85. The molecular formula is C25H40N4O6. The van der Waals surface area contributed by atoms with Crippen molar-refractivity contribution in [3.05, 3.63) is 35.9 Å². The molecule has 0 aromatic heterocycles. The lowest BCUT2D eigenvalue weighted by atomic mass is 9.96. The van der Waals surface area contributed by atoms with Crippen molar-refractivity contribution >= 4 is 23.7 Å². The van der Waals surface area contributed by atoms with Crippen LogP contribution in [0.3, 0.4) is 0 Å². The van der Waals surface area contributed by atoms with E-state index in [2.05, 4.69) is 16.0 Å². The van der Waals surface area contributed by atoms with Crippen molar-refractivity contribution in [1.29, 1.82) is 0 Å². The number of hydrogen-bond donors (Lipinski definition) is 6. The largest absolute Gasteiger partial charge is 0.480 e. The highest BCUT2D eigenvalue weighted by Gasteiger charge is 2.33. The summed E-state index contributed by atoms with van der Waals surface area (Å²) >= 11 is 0. The van der Waals surface area contributed by atoms with E-state index in [-0.39, 0.29) is 24.7 Å². The van der Waals surface area contributed by atoms with Gasteiger partial charge in [-0.05, 0) is 30.7 Å². The van der Waals surface area contributed by atoms with Gasteiger partial charge in [0.05, 0.1) is 6.10 Å². The van der Waals surface area contributed by atoms with E-state index in [4.69, 9.17) is 5.73 Å². The van der Waals surface area contributed by atoms with Crippen LogP contribution in [0.15, 0.2) is 30.3 Å². The Morgan fingerprint density at radius 2 is 1.46 bits per heavy atom. The van der Waals surface area contributed by atoms with Gasteiger partial charge in [0.25, 0.3) is 0 Å². The van der Waals surface area contributed by atoms with Crippen LogP contribution in [0.4, 0.5) is 0 Å². The first-order valence-corrected chi connectivity index (χ1v) is 12.0. The number of nitrogens with two attached hydrogens (primary N) is 1. The van der Waals surface area contributed by atoms with Gasteiger partial charge in [-0.15, -0.1) is 0 Å². The van der Waals surface area contributed by atoms with Crippen molar-refractivity contribution < 1.29 is 29.4 Å². The molecule has 196 valence electrons. The fraction of sp³-hybridized carbons (Fsp3) is 0.600. The van der Waals surface area contributed by atoms with Gasteiger partial charge in [-0.1, -0.05) is 64.4 Å². The van der Waals surface area contributed by atoms with Crippen LogP contribution < -0.4 is 21.7 Å². The molecule has 1 aromatic carbocycles. The molecule has 0 spiro atoms. The van der Waals surface area contributed by atoms with Gasteiger partial charge in [-0.3, -0.25) is 14.4 Å². The molecule has 1 rings (SSSR count). The molecule has 3 amide bonds. The van der Waals surface area contributed by atoms with Crippen molar-refractivity contribution in [2.45, 2.75) is 84.2 Å². The lowest BCUT2D eigenvalue weighted by Gasteiger charge is -2.28. The fourth-order valence-electron chi connectivity index (χ4n) is 3.46. The van der Waals surface area contributed by atoms with E-state index >= 15 is 0 Å². The highest BCUT2D eigenvalue weighted by Crippen LogP contribution is 2.12. The van der Waals surface area contributed by atoms with Crippen LogP contribution in [-0.4, -0.2) is 64.2 Å². The molecule has 1 aromatic rings. The Hall–Kier alpha value is -2.98. The van der Waals surface area contributed by atoms with Crippen LogP contribution >= 0.6 is 0 Å². The second-order valence-corrected chi connectivity index (χ2v) is 9.42. The molecule has 35 heavy (non-hydrogen) atoms. The van der Waals surface area contributed by atoms with Gasteiger partial charge in [0.15, 0.2) is 0 Å². The Balaban J connectivity index is 3.13. The van der Waals surface area contributed by atoms with Crippen molar-refractivity contribution in [1.82, 2.24) is 16.0 Å². The van der Waals surface area contributed by atoms with Gasteiger partial charge >= 0.3 is 5.97 Å². The van der Waals surface area contributed by atoms with Gasteiger partial charge < -0.3 is 31.9 Å². The number of nitrogens with one attached hydrogen (secondary N) is 3. The Morgan fingerprint density at radius 3 is 1.94 bits per heavy atom. The van der Waals surface area contributed by atoms with Gasteiger partial charge in [0, 0.05) is 6.42 Å². The van der Waals surface area contributed by atoms with E-state index in [9.17, 15) is 29.4 Å². The number of amides is 3. The summed E-state index contributed by atoms with van der Waals surface area (Å²) in [7, 11) is 0. The first-order chi connectivity index (χ1) is 16.4. The number of benzene rings is 1.